The van der Waals surface area contributed by atoms with Crippen molar-refractivity contribution >= 4 is 24.6 Å². The van der Waals surface area contributed by atoms with E-state index in [1.165, 1.54) is 6.42 Å². The first kappa shape index (κ1) is 36.9. The van der Waals surface area contributed by atoms with Crippen LogP contribution in [-0.4, -0.2) is 95.3 Å². The van der Waals surface area contributed by atoms with Crippen LogP contribution in [0.4, 0.5) is 0 Å². The van der Waals surface area contributed by atoms with Gasteiger partial charge in [-0.3, -0.25) is 14.6 Å². The van der Waals surface area contributed by atoms with Crippen molar-refractivity contribution in [1.29, 1.82) is 0 Å². The van der Waals surface area contributed by atoms with Crippen LogP contribution in [0.2, 0.25) is 6.32 Å². The molecule has 11 nitrogen and oxygen atoms in total. The molecule has 8 N–H and O–H groups in total. The summed E-state index contributed by atoms with van der Waals surface area (Å²) in [6.45, 7) is 14.7. The molecular weight excluding hydrogens is 557 g/mol. The first-order valence-electron chi connectivity index (χ1n) is 17.3. The highest BCUT2D eigenvalue weighted by atomic mass is 16.7. The Bertz CT molecular complexity index is 913. The zero-order chi connectivity index (χ0) is 32.0. The van der Waals surface area contributed by atoms with Crippen molar-refractivity contribution in [3.63, 3.8) is 0 Å². The molecule has 0 aromatic rings. The van der Waals surface area contributed by atoms with Crippen molar-refractivity contribution < 1.29 is 18.9 Å². The quantitative estimate of drug-likeness (QED) is 0.0573. The van der Waals surface area contributed by atoms with Gasteiger partial charge in [0.1, 0.15) is 6.54 Å². The molecule has 4 fully saturated rings. The number of amides is 2. The fourth-order valence-corrected chi connectivity index (χ4v) is 7.36. The van der Waals surface area contributed by atoms with Crippen LogP contribution in [0.1, 0.15) is 85.5 Å². The molecule has 4 unspecified atom stereocenters. The van der Waals surface area contributed by atoms with Gasteiger partial charge in [-0.2, -0.15) is 0 Å². The van der Waals surface area contributed by atoms with Gasteiger partial charge in [-0.15, -0.1) is 0 Å². The molecule has 252 valence electrons. The average molecular weight is 620 g/mol. The molecule has 4 aliphatic rings. The zero-order valence-electron chi connectivity index (χ0n) is 28.1. The summed E-state index contributed by atoms with van der Waals surface area (Å²) in [6.07, 6.45) is 9.64. The van der Waals surface area contributed by atoms with Gasteiger partial charge < -0.3 is 42.0 Å². The van der Waals surface area contributed by atoms with E-state index in [9.17, 15) is 9.59 Å². The van der Waals surface area contributed by atoms with Crippen LogP contribution < -0.4 is 32.7 Å². The predicted octanol–water partition coefficient (Wildman–Crippen LogP) is 1.85. The summed E-state index contributed by atoms with van der Waals surface area (Å²) < 4.78 is 12.8. The highest BCUT2D eigenvalue weighted by molar-refractivity contribution is 6.45. The first-order chi connectivity index (χ1) is 21.1. The number of carbonyl (C=O) groups excluding carboxylic acids is 2. The highest BCUT2D eigenvalue weighted by Crippen LogP contribution is 2.65. The van der Waals surface area contributed by atoms with Gasteiger partial charge in [0.05, 0.1) is 11.7 Å². The maximum atomic E-state index is 12.4. The van der Waals surface area contributed by atoms with Crippen LogP contribution in [-0.2, 0) is 18.9 Å². The Morgan fingerprint density at radius 2 is 1.57 bits per heavy atom. The van der Waals surface area contributed by atoms with E-state index >= 15 is 0 Å². The van der Waals surface area contributed by atoms with Crippen LogP contribution in [0.25, 0.3) is 0 Å². The summed E-state index contributed by atoms with van der Waals surface area (Å²) in [5.74, 6) is 1.61. The topological polar surface area (TPSA) is 165 Å². The Labute approximate surface area is 266 Å². The van der Waals surface area contributed by atoms with E-state index in [0.29, 0.717) is 43.9 Å². The Hall–Kier alpha value is -1.57. The number of nitrogens with two attached hydrogens (primary N) is 2. The normalized spacial score (nSPS) is 25.6. The van der Waals surface area contributed by atoms with Crippen LogP contribution in [0.3, 0.4) is 0 Å². The number of carbonyl (C=O) groups is 2. The zero-order valence-corrected chi connectivity index (χ0v) is 28.1. The lowest BCUT2D eigenvalue weighted by molar-refractivity contribution is -0.199. The summed E-state index contributed by atoms with van der Waals surface area (Å²) in [5, 5.41) is 12.6. The molecular formula is C32H62BN7O4. The van der Waals surface area contributed by atoms with Gasteiger partial charge in [0.15, 0.2) is 0 Å². The third-order valence-corrected chi connectivity index (χ3v) is 10.2. The minimum Gasteiger partial charge on any atom is -0.405 e. The Kier molecular flexibility index (Phi) is 15.6. The number of aliphatic imine (C=N–C) groups is 1. The molecule has 4 atom stereocenters. The molecule has 3 saturated carbocycles. The van der Waals surface area contributed by atoms with E-state index in [1.807, 2.05) is 6.92 Å². The summed E-state index contributed by atoms with van der Waals surface area (Å²) in [4.78, 5) is 29.1. The number of hydrogen-bond donors (Lipinski definition) is 6. The molecule has 0 aromatic heterocycles. The average Bonchev–Trinajstić information content (AvgIpc) is 3.33. The van der Waals surface area contributed by atoms with Gasteiger partial charge in [-0.05, 0) is 95.0 Å². The third-order valence-electron chi connectivity index (χ3n) is 10.2. The SMILES string of the molecule is CC(CCCCCNC(=O)CC(CNCCN)CNCCN)=NCC(=O)NCCCCB1OC2CC3CC(C3(C)C)C2(C)O1. The molecule has 1 heterocycles. The lowest BCUT2D eigenvalue weighted by Gasteiger charge is -2.64. The van der Waals surface area contributed by atoms with E-state index in [2.05, 4.69) is 47.0 Å². The molecule has 1 aliphatic heterocycles. The molecule has 0 radical (unpaired) electrons. The Morgan fingerprint density at radius 3 is 2.23 bits per heavy atom. The minimum absolute atomic E-state index is 0.0317. The maximum Gasteiger partial charge on any atom is 0.457 e. The second-order valence-corrected chi connectivity index (χ2v) is 14.0. The van der Waals surface area contributed by atoms with Crippen molar-refractivity contribution in [3.05, 3.63) is 0 Å². The maximum absolute atomic E-state index is 12.4. The van der Waals surface area contributed by atoms with Gasteiger partial charge in [-0.1, -0.05) is 26.7 Å². The molecule has 2 amide bonds. The molecule has 12 heteroatoms. The van der Waals surface area contributed by atoms with Crippen molar-refractivity contribution in [3.8, 4) is 0 Å². The van der Waals surface area contributed by atoms with Crippen molar-refractivity contribution in [2.75, 3.05) is 58.9 Å². The van der Waals surface area contributed by atoms with Crippen LogP contribution in [0, 0.1) is 23.2 Å². The molecule has 1 saturated heterocycles. The van der Waals surface area contributed by atoms with Crippen LogP contribution >= 0.6 is 0 Å². The van der Waals surface area contributed by atoms with Crippen LogP contribution in [0.5, 0.6) is 0 Å². The van der Waals surface area contributed by atoms with Gasteiger partial charge in [-0.25, -0.2) is 0 Å². The van der Waals surface area contributed by atoms with Gasteiger partial charge >= 0.3 is 7.12 Å². The molecule has 0 spiro atoms. The van der Waals surface area contributed by atoms with Crippen molar-refractivity contribution in [2.24, 2.45) is 39.6 Å². The van der Waals surface area contributed by atoms with Gasteiger partial charge in [0.2, 0.25) is 11.8 Å². The number of nitrogens with one attached hydrogen (secondary N) is 4. The van der Waals surface area contributed by atoms with E-state index in [4.69, 9.17) is 20.8 Å². The summed E-state index contributed by atoms with van der Waals surface area (Å²) in [5.41, 5.74) is 12.3. The Balaban J connectivity index is 1.17. The monoisotopic (exact) mass is 619 g/mol. The predicted molar refractivity (Wildman–Crippen MR) is 179 cm³/mol. The largest absolute Gasteiger partial charge is 0.457 e. The highest BCUT2D eigenvalue weighted by Gasteiger charge is 2.67. The van der Waals surface area contributed by atoms with Crippen LogP contribution in [0.15, 0.2) is 4.99 Å². The molecule has 44 heavy (non-hydrogen) atoms. The second-order valence-electron chi connectivity index (χ2n) is 14.0. The molecule has 3 aliphatic carbocycles. The number of unbranched alkanes of at least 4 members (excludes halogenated alkanes) is 3. The lowest BCUT2D eigenvalue weighted by Crippen LogP contribution is -2.65. The van der Waals surface area contributed by atoms with Gasteiger partial charge in [0, 0.05) is 51.4 Å². The van der Waals surface area contributed by atoms with E-state index < -0.39 is 0 Å². The van der Waals surface area contributed by atoms with Crippen molar-refractivity contribution in [1.82, 2.24) is 21.3 Å². The first-order valence-corrected chi connectivity index (χ1v) is 17.3. The van der Waals surface area contributed by atoms with E-state index in [1.54, 1.807) is 0 Å². The van der Waals surface area contributed by atoms with E-state index in [0.717, 1.165) is 89.1 Å². The third kappa shape index (κ3) is 11.1. The molecule has 4 rings (SSSR count). The second kappa shape index (κ2) is 18.5. The number of nitrogens with zero attached hydrogens (tertiary/aromatic N) is 1. The fraction of sp³-hybridized carbons (Fsp3) is 0.906. The summed E-state index contributed by atoms with van der Waals surface area (Å²) in [7, 11) is -0.116. The smallest absolute Gasteiger partial charge is 0.405 e. The van der Waals surface area contributed by atoms with E-state index in [-0.39, 0.29) is 43.1 Å². The lowest BCUT2D eigenvalue weighted by atomic mass is 9.43. The minimum atomic E-state index is -0.141. The summed E-state index contributed by atoms with van der Waals surface area (Å²) >= 11 is 0. The Morgan fingerprint density at radius 1 is 0.909 bits per heavy atom. The number of hydrogen-bond acceptors (Lipinski definition) is 9. The fourth-order valence-electron chi connectivity index (χ4n) is 7.36. The van der Waals surface area contributed by atoms with Crippen molar-refractivity contribution in [2.45, 2.75) is 104 Å². The van der Waals surface area contributed by atoms with Gasteiger partial charge in [0.25, 0.3) is 0 Å². The summed E-state index contributed by atoms with van der Waals surface area (Å²) in [6, 6.07) is 0. The molecule has 0 aromatic carbocycles. The standard InChI is InChI=1S/C32H62BN7O4/c1-24(10-6-5-8-14-38-29(41)18-25(21-36-16-12-34)22-37-17-13-35)40-23-30(42)39-15-9-7-11-33-43-28-20-26-19-27(31(26,2)3)32(28,4)44-33/h25-28,36-37H,5-23,34-35H2,1-4H3,(H,38,41)(H,39,42). The number of rotatable bonds is 23. The molecule has 2 bridgehead atoms.